The van der Waals surface area contributed by atoms with Crippen LogP contribution >= 0.6 is 0 Å². The number of ether oxygens (including phenoxy) is 4. The second kappa shape index (κ2) is 21.9. The van der Waals surface area contributed by atoms with Crippen molar-refractivity contribution in [2.75, 3.05) is 33.5 Å². The van der Waals surface area contributed by atoms with Crippen LogP contribution in [0.4, 0.5) is 4.79 Å². The third kappa shape index (κ3) is 15.2. The first-order chi connectivity index (χ1) is 17.9. The van der Waals surface area contributed by atoms with E-state index in [0.29, 0.717) is 6.61 Å². The topological polar surface area (TPSA) is 153 Å². The van der Waals surface area contributed by atoms with E-state index >= 15 is 0 Å². The lowest BCUT2D eigenvalue weighted by atomic mass is 9.98. The molecule has 0 spiro atoms. The van der Waals surface area contributed by atoms with Crippen LogP contribution in [0.15, 0.2) is 0 Å². The molecule has 1 heterocycles. The average Bonchev–Trinajstić information content (AvgIpc) is 2.90. The third-order valence-corrected chi connectivity index (χ3v) is 6.86. The fourth-order valence-corrected chi connectivity index (χ4v) is 4.45. The Morgan fingerprint density at radius 1 is 0.892 bits per heavy atom. The van der Waals surface area contributed by atoms with Crippen molar-refractivity contribution in [3.63, 3.8) is 0 Å². The SMILES string of the molecule is CCCCCCCCCCCCCCCCOCC(CO[C@@H]1OC(CO)[C@@H](O)[C@H](O)C1N)NC(=O)OC. The first-order valence-electron chi connectivity index (χ1n) is 14.4. The maximum absolute atomic E-state index is 11.7. The van der Waals surface area contributed by atoms with Gasteiger partial charge in [-0.05, 0) is 6.42 Å². The van der Waals surface area contributed by atoms with Gasteiger partial charge in [-0.25, -0.2) is 4.79 Å². The maximum Gasteiger partial charge on any atom is 0.407 e. The van der Waals surface area contributed by atoms with Crippen molar-refractivity contribution in [2.45, 2.75) is 134 Å². The number of rotatable bonds is 22. The van der Waals surface area contributed by atoms with E-state index in [4.69, 9.17) is 19.9 Å². The summed E-state index contributed by atoms with van der Waals surface area (Å²) in [5.41, 5.74) is 5.90. The molecular weight excluding hydrogens is 480 g/mol. The largest absolute Gasteiger partial charge is 0.453 e. The van der Waals surface area contributed by atoms with Crippen molar-refractivity contribution >= 4 is 6.09 Å². The molecule has 0 saturated carbocycles. The third-order valence-electron chi connectivity index (χ3n) is 6.86. The molecule has 0 aromatic carbocycles. The molecule has 220 valence electrons. The van der Waals surface area contributed by atoms with Gasteiger partial charge in [0.25, 0.3) is 0 Å². The first-order valence-corrected chi connectivity index (χ1v) is 14.4. The monoisotopic (exact) mass is 534 g/mol. The Morgan fingerprint density at radius 3 is 1.95 bits per heavy atom. The molecule has 10 heteroatoms. The number of nitrogens with two attached hydrogens (primary N) is 1. The highest BCUT2D eigenvalue weighted by Gasteiger charge is 2.43. The zero-order valence-corrected chi connectivity index (χ0v) is 23.2. The lowest BCUT2D eigenvalue weighted by molar-refractivity contribution is -0.267. The molecule has 0 radical (unpaired) electrons. The van der Waals surface area contributed by atoms with Crippen molar-refractivity contribution in [1.82, 2.24) is 5.32 Å². The Morgan fingerprint density at radius 2 is 1.43 bits per heavy atom. The Hall–Kier alpha value is -1.01. The van der Waals surface area contributed by atoms with Gasteiger partial charge in [0.2, 0.25) is 0 Å². The number of aliphatic hydroxyl groups is 3. The summed E-state index contributed by atoms with van der Waals surface area (Å²) in [5.74, 6) is 0. The molecule has 0 bridgehead atoms. The number of alkyl carbamates (subject to hydrolysis) is 1. The van der Waals surface area contributed by atoms with E-state index in [0.717, 1.165) is 12.8 Å². The molecule has 1 saturated heterocycles. The minimum atomic E-state index is -1.31. The Kier molecular flexibility index (Phi) is 20.1. The molecule has 1 aliphatic heterocycles. The molecule has 1 aliphatic rings. The van der Waals surface area contributed by atoms with E-state index in [-0.39, 0.29) is 13.2 Å². The van der Waals surface area contributed by atoms with E-state index in [1.165, 1.54) is 84.2 Å². The van der Waals surface area contributed by atoms with Crippen molar-refractivity contribution in [1.29, 1.82) is 0 Å². The zero-order chi connectivity index (χ0) is 27.3. The molecular formula is C27H54N2O8. The minimum Gasteiger partial charge on any atom is -0.453 e. The molecule has 0 aliphatic carbocycles. The van der Waals surface area contributed by atoms with Crippen LogP contribution in [0.5, 0.6) is 0 Å². The highest BCUT2D eigenvalue weighted by Crippen LogP contribution is 2.21. The summed E-state index contributed by atoms with van der Waals surface area (Å²) in [7, 11) is 1.27. The summed E-state index contributed by atoms with van der Waals surface area (Å²) in [5, 5.41) is 31.9. The van der Waals surface area contributed by atoms with Crippen LogP contribution in [0.1, 0.15) is 96.8 Å². The molecule has 0 aromatic heterocycles. The van der Waals surface area contributed by atoms with Crippen LogP contribution in [-0.4, -0.2) is 91.6 Å². The number of carbonyl (C=O) groups excluding carboxylic acids is 1. The predicted molar refractivity (Wildman–Crippen MR) is 142 cm³/mol. The Balaban J connectivity index is 2.14. The first kappa shape index (κ1) is 34.0. The van der Waals surface area contributed by atoms with E-state index < -0.39 is 49.4 Å². The van der Waals surface area contributed by atoms with Gasteiger partial charge in [-0.2, -0.15) is 0 Å². The average molecular weight is 535 g/mol. The number of methoxy groups -OCH3 is 1. The lowest BCUT2D eigenvalue weighted by Crippen LogP contribution is -2.63. The fraction of sp³-hybridized carbons (Fsp3) is 0.963. The molecule has 1 amide bonds. The van der Waals surface area contributed by atoms with E-state index in [2.05, 4.69) is 17.0 Å². The van der Waals surface area contributed by atoms with Gasteiger partial charge in [0.05, 0.1) is 39.0 Å². The standard InChI is InChI=1S/C27H54N2O8/c1-3-4-5-6-7-8-9-10-11-12-13-14-15-16-17-35-19-21(29-27(33)34-2)20-36-26-23(28)25(32)24(31)22(18-30)37-26/h21-26,30-32H,3-20,28H2,1-2H3,(H,29,33)/t21?,22?,23?,24-,25-,26-/m1/s1. The molecule has 0 aromatic rings. The van der Waals surface area contributed by atoms with Crippen LogP contribution in [0, 0.1) is 0 Å². The van der Waals surface area contributed by atoms with Crippen LogP contribution in [-0.2, 0) is 18.9 Å². The van der Waals surface area contributed by atoms with E-state index in [1.54, 1.807) is 0 Å². The Labute approximate surface area is 223 Å². The molecule has 1 rings (SSSR count). The van der Waals surface area contributed by atoms with Gasteiger partial charge in [0.1, 0.15) is 18.3 Å². The molecule has 6 atom stereocenters. The second-order valence-electron chi connectivity index (χ2n) is 10.1. The van der Waals surface area contributed by atoms with Crippen molar-refractivity contribution in [3.05, 3.63) is 0 Å². The smallest absolute Gasteiger partial charge is 0.407 e. The van der Waals surface area contributed by atoms with Crippen LogP contribution < -0.4 is 11.1 Å². The van der Waals surface area contributed by atoms with Crippen molar-refractivity contribution in [2.24, 2.45) is 5.73 Å². The molecule has 6 N–H and O–H groups in total. The van der Waals surface area contributed by atoms with E-state index in [9.17, 15) is 20.1 Å². The normalized spacial score (nSPS) is 24.6. The summed E-state index contributed by atoms with van der Waals surface area (Å²) in [6.45, 7) is 2.55. The molecule has 1 fully saturated rings. The number of hydrogen-bond acceptors (Lipinski definition) is 9. The number of hydrogen-bond donors (Lipinski definition) is 5. The van der Waals surface area contributed by atoms with Gasteiger partial charge in [0, 0.05) is 6.61 Å². The highest BCUT2D eigenvalue weighted by molar-refractivity contribution is 5.67. The number of unbranched alkanes of at least 4 members (excludes halogenated alkanes) is 13. The second-order valence-corrected chi connectivity index (χ2v) is 10.1. The predicted octanol–water partition coefficient (Wildman–Crippen LogP) is 2.99. The number of nitrogens with one attached hydrogen (secondary N) is 1. The van der Waals surface area contributed by atoms with E-state index in [1.807, 2.05) is 0 Å². The van der Waals surface area contributed by atoms with Gasteiger partial charge >= 0.3 is 6.09 Å². The number of aliphatic hydroxyl groups excluding tert-OH is 3. The van der Waals surface area contributed by atoms with Crippen LogP contribution in [0.2, 0.25) is 0 Å². The molecule has 37 heavy (non-hydrogen) atoms. The molecule has 10 nitrogen and oxygen atoms in total. The summed E-state index contributed by atoms with van der Waals surface area (Å²) >= 11 is 0. The quantitative estimate of drug-likeness (QED) is 0.132. The van der Waals surface area contributed by atoms with Gasteiger partial charge in [-0.3, -0.25) is 0 Å². The van der Waals surface area contributed by atoms with Gasteiger partial charge < -0.3 is 45.3 Å². The summed E-state index contributed by atoms with van der Waals surface area (Å²) < 4.78 is 21.5. The minimum absolute atomic E-state index is 0.00678. The van der Waals surface area contributed by atoms with Gasteiger partial charge in [-0.1, -0.05) is 90.4 Å². The highest BCUT2D eigenvalue weighted by atomic mass is 16.7. The van der Waals surface area contributed by atoms with Crippen molar-refractivity contribution < 1.29 is 39.1 Å². The summed E-state index contributed by atoms with van der Waals surface area (Å²) in [6.07, 6.45) is 12.8. The Bertz CT molecular complexity index is 554. The zero-order valence-electron chi connectivity index (χ0n) is 23.2. The number of carbonyl (C=O) groups is 1. The van der Waals surface area contributed by atoms with Gasteiger partial charge in [0.15, 0.2) is 6.29 Å². The lowest BCUT2D eigenvalue weighted by Gasteiger charge is -2.40. The fourth-order valence-electron chi connectivity index (χ4n) is 4.45. The number of amides is 1. The maximum atomic E-state index is 11.7. The molecule has 3 unspecified atom stereocenters. The van der Waals surface area contributed by atoms with Crippen LogP contribution in [0.3, 0.4) is 0 Å². The van der Waals surface area contributed by atoms with Crippen LogP contribution in [0.25, 0.3) is 0 Å². The van der Waals surface area contributed by atoms with Gasteiger partial charge in [-0.15, -0.1) is 0 Å². The van der Waals surface area contributed by atoms with Crippen molar-refractivity contribution in [3.8, 4) is 0 Å². The summed E-state index contributed by atoms with van der Waals surface area (Å²) in [6, 6.07) is -1.53. The summed E-state index contributed by atoms with van der Waals surface area (Å²) in [4.78, 5) is 11.7.